The van der Waals surface area contributed by atoms with Crippen LogP contribution in [-0.4, -0.2) is 12.5 Å². The van der Waals surface area contributed by atoms with Crippen LogP contribution >= 0.6 is 0 Å². The molecule has 0 heterocycles. The molecule has 0 spiro atoms. The molecule has 0 saturated heterocycles. The van der Waals surface area contributed by atoms with Gasteiger partial charge in [-0.1, -0.05) is 42.5 Å². The first kappa shape index (κ1) is 14.6. The van der Waals surface area contributed by atoms with E-state index in [-0.39, 0.29) is 11.8 Å². The van der Waals surface area contributed by atoms with E-state index in [1.54, 1.807) is 0 Å². The number of ether oxygens (including phenoxy) is 1. The zero-order chi connectivity index (χ0) is 15.2. The van der Waals surface area contributed by atoms with E-state index in [4.69, 9.17) is 4.74 Å². The fourth-order valence-electron chi connectivity index (χ4n) is 2.38. The molecule has 2 aromatic carbocycles. The number of nitrogens with one attached hydrogen (secondary N) is 1. The largest absolute Gasteiger partial charge is 0.491 e. The molecule has 0 aliphatic heterocycles. The van der Waals surface area contributed by atoms with E-state index in [9.17, 15) is 4.79 Å². The van der Waals surface area contributed by atoms with Crippen LogP contribution in [-0.2, 0) is 11.2 Å². The summed E-state index contributed by atoms with van der Waals surface area (Å²) in [5.41, 5.74) is 2.10. The Morgan fingerprint density at radius 3 is 2.55 bits per heavy atom. The molecule has 2 aromatic rings. The van der Waals surface area contributed by atoms with Crippen LogP contribution < -0.4 is 10.1 Å². The SMILES string of the molecule is O=C(Nc1ccccc1OCCCc1ccccc1)C1CC1. The monoisotopic (exact) mass is 295 g/mol. The minimum absolute atomic E-state index is 0.111. The smallest absolute Gasteiger partial charge is 0.227 e. The van der Waals surface area contributed by atoms with Gasteiger partial charge in [0.05, 0.1) is 12.3 Å². The van der Waals surface area contributed by atoms with E-state index in [0.29, 0.717) is 6.61 Å². The lowest BCUT2D eigenvalue weighted by Gasteiger charge is -2.12. The Balaban J connectivity index is 1.50. The minimum Gasteiger partial charge on any atom is -0.491 e. The van der Waals surface area contributed by atoms with Crippen LogP contribution in [0.5, 0.6) is 5.75 Å². The average molecular weight is 295 g/mol. The first-order valence-electron chi connectivity index (χ1n) is 7.89. The molecule has 3 heteroatoms. The summed E-state index contributed by atoms with van der Waals surface area (Å²) in [4.78, 5) is 11.9. The van der Waals surface area contributed by atoms with E-state index in [2.05, 4.69) is 29.6 Å². The van der Waals surface area contributed by atoms with Crippen molar-refractivity contribution in [2.75, 3.05) is 11.9 Å². The number of hydrogen-bond donors (Lipinski definition) is 1. The summed E-state index contributed by atoms with van der Waals surface area (Å²) in [7, 11) is 0. The van der Waals surface area contributed by atoms with E-state index < -0.39 is 0 Å². The van der Waals surface area contributed by atoms with Crippen LogP contribution in [0.4, 0.5) is 5.69 Å². The van der Waals surface area contributed by atoms with Crippen molar-refractivity contribution in [2.24, 2.45) is 5.92 Å². The van der Waals surface area contributed by atoms with Gasteiger partial charge in [0.1, 0.15) is 5.75 Å². The van der Waals surface area contributed by atoms with Crippen LogP contribution in [0.3, 0.4) is 0 Å². The molecule has 22 heavy (non-hydrogen) atoms. The van der Waals surface area contributed by atoms with Gasteiger partial charge in [0.2, 0.25) is 5.91 Å². The van der Waals surface area contributed by atoms with Crippen molar-refractivity contribution < 1.29 is 9.53 Å². The second-order valence-corrected chi connectivity index (χ2v) is 5.70. The van der Waals surface area contributed by atoms with Gasteiger partial charge < -0.3 is 10.1 Å². The topological polar surface area (TPSA) is 38.3 Å². The molecule has 1 saturated carbocycles. The molecule has 0 aromatic heterocycles. The number of carbonyl (C=O) groups is 1. The standard InChI is InChI=1S/C19H21NO2/c21-19(16-12-13-16)20-17-10-4-5-11-18(17)22-14-6-9-15-7-2-1-3-8-15/h1-5,7-8,10-11,16H,6,9,12-14H2,(H,20,21). The number of para-hydroxylation sites is 2. The van der Waals surface area contributed by atoms with Gasteiger partial charge in [0.15, 0.2) is 0 Å². The molecular formula is C19H21NO2. The summed E-state index contributed by atoms with van der Waals surface area (Å²) >= 11 is 0. The fraction of sp³-hybridized carbons (Fsp3) is 0.316. The molecule has 1 aliphatic carbocycles. The lowest BCUT2D eigenvalue weighted by Crippen LogP contribution is -2.14. The lowest BCUT2D eigenvalue weighted by atomic mass is 10.1. The zero-order valence-electron chi connectivity index (χ0n) is 12.6. The molecule has 3 nitrogen and oxygen atoms in total. The normalized spacial score (nSPS) is 13.6. The Hall–Kier alpha value is -2.29. The highest BCUT2D eigenvalue weighted by molar-refractivity contribution is 5.95. The van der Waals surface area contributed by atoms with Crippen molar-refractivity contribution in [2.45, 2.75) is 25.7 Å². The van der Waals surface area contributed by atoms with Crippen LogP contribution in [0.25, 0.3) is 0 Å². The Morgan fingerprint density at radius 2 is 1.77 bits per heavy atom. The van der Waals surface area contributed by atoms with Crippen molar-refractivity contribution in [3.05, 3.63) is 60.2 Å². The van der Waals surface area contributed by atoms with Crippen LogP contribution in [0.2, 0.25) is 0 Å². The fourth-order valence-corrected chi connectivity index (χ4v) is 2.38. The number of aryl methyl sites for hydroxylation is 1. The highest BCUT2D eigenvalue weighted by Gasteiger charge is 2.29. The molecule has 1 amide bonds. The van der Waals surface area contributed by atoms with Gasteiger partial charge in [0, 0.05) is 5.92 Å². The molecule has 1 N–H and O–H groups in total. The van der Waals surface area contributed by atoms with Gasteiger partial charge in [-0.25, -0.2) is 0 Å². The first-order valence-corrected chi connectivity index (χ1v) is 7.89. The lowest BCUT2D eigenvalue weighted by molar-refractivity contribution is -0.117. The molecule has 0 bridgehead atoms. The summed E-state index contributed by atoms with van der Waals surface area (Å²) in [6, 6.07) is 18.0. The molecular weight excluding hydrogens is 274 g/mol. The van der Waals surface area contributed by atoms with Gasteiger partial charge in [0.25, 0.3) is 0 Å². The molecule has 1 fully saturated rings. The van der Waals surface area contributed by atoms with E-state index in [0.717, 1.165) is 37.1 Å². The Bertz CT molecular complexity index is 620. The minimum atomic E-state index is 0.111. The third-order valence-electron chi connectivity index (χ3n) is 3.80. The summed E-state index contributed by atoms with van der Waals surface area (Å²) in [6.07, 6.45) is 3.96. The maximum atomic E-state index is 11.9. The Kier molecular flexibility index (Phi) is 4.74. The Morgan fingerprint density at radius 1 is 1.05 bits per heavy atom. The summed E-state index contributed by atoms with van der Waals surface area (Å²) in [5.74, 6) is 1.07. The van der Waals surface area contributed by atoms with Gasteiger partial charge in [-0.05, 0) is 43.4 Å². The second-order valence-electron chi connectivity index (χ2n) is 5.70. The van der Waals surface area contributed by atoms with Crippen molar-refractivity contribution in [1.82, 2.24) is 0 Å². The highest BCUT2D eigenvalue weighted by atomic mass is 16.5. The quantitative estimate of drug-likeness (QED) is 0.783. The van der Waals surface area contributed by atoms with Crippen LogP contribution in [0.1, 0.15) is 24.8 Å². The van der Waals surface area contributed by atoms with E-state index >= 15 is 0 Å². The zero-order valence-corrected chi connectivity index (χ0v) is 12.6. The number of benzene rings is 2. The van der Waals surface area contributed by atoms with Crippen molar-refractivity contribution >= 4 is 11.6 Å². The number of rotatable bonds is 7. The number of anilines is 1. The molecule has 3 rings (SSSR count). The van der Waals surface area contributed by atoms with Crippen LogP contribution in [0.15, 0.2) is 54.6 Å². The average Bonchev–Trinajstić information content (AvgIpc) is 3.39. The molecule has 1 aliphatic rings. The Labute approximate surface area is 131 Å². The number of carbonyl (C=O) groups excluding carboxylic acids is 1. The van der Waals surface area contributed by atoms with Crippen molar-refractivity contribution in [3.8, 4) is 5.75 Å². The van der Waals surface area contributed by atoms with Crippen molar-refractivity contribution in [1.29, 1.82) is 0 Å². The second kappa shape index (κ2) is 7.12. The van der Waals surface area contributed by atoms with Crippen LogP contribution in [0, 0.1) is 5.92 Å². The number of amides is 1. The highest BCUT2D eigenvalue weighted by Crippen LogP contribution is 2.32. The molecule has 114 valence electrons. The summed E-state index contributed by atoms with van der Waals surface area (Å²) < 4.78 is 5.85. The molecule has 0 radical (unpaired) electrons. The third kappa shape index (κ3) is 4.10. The van der Waals surface area contributed by atoms with E-state index in [1.807, 2.05) is 30.3 Å². The van der Waals surface area contributed by atoms with Gasteiger partial charge in [-0.2, -0.15) is 0 Å². The maximum absolute atomic E-state index is 11.9. The predicted octanol–water partition coefficient (Wildman–Crippen LogP) is 4.05. The maximum Gasteiger partial charge on any atom is 0.227 e. The van der Waals surface area contributed by atoms with Gasteiger partial charge in [-0.15, -0.1) is 0 Å². The van der Waals surface area contributed by atoms with Gasteiger partial charge in [-0.3, -0.25) is 4.79 Å². The first-order chi connectivity index (χ1) is 10.8. The molecule has 0 atom stereocenters. The van der Waals surface area contributed by atoms with Crippen molar-refractivity contribution in [3.63, 3.8) is 0 Å². The third-order valence-corrected chi connectivity index (χ3v) is 3.80. The predicted molar refractivity (Wildman–Crippen MR) is 88.1 cm³/mol. The molecule has 0 unspecified atom stereocenters. The van der Waals surface area contributed by atoms with E-state index in [1.165, 1.54) is 5.56 Å². The van der Waals surface area contributed by atoms with Gasteiger partial charge >= 0.3 is 0 Å². The summed E-state index contributed by atoms with van der Waals surface area (Å²) in [5, 5.41) is 2.97. The summed E-state index contributed by atoms with van der Waals surface area (Å²) in [6.45, 7) is 0.644. The number of hydrogen-bond acceptors (Lipinski definition) is 2.